The SMILES string of the molecule is CCCCN(CC)C(=O)Nc1ccc(C(=O)O)c(F)c1. The molecule has 2 N–H and O–H groups in total. The van der Waals surface area contributed by atoms with E-state index in [1.807, 2.05) is 13.8 Å². The van der Waals surface area contributed by atoms with Gasteiger partial charge >= 0.3 is 12.0 Å². The quantitative estimate of drug-likeness (QED) is 0.842. The molecular weight excluding hydrogens is 263 g/mol. The van der Waals surface area contributed by atoms with E-state index in [1.54, 1.807) is 4.90 Å². The highest BCUT2D eigenvalue weighted by Gasteiger charge is 2.14. The zero-order valence-electron chi connectivity index (χ0n) is 11.6. The van der Waals surface area contributed by atoms with Crippen LogP contribution in [0.5, 0.6) is 0 Å². The maximum atomic E-state index is 13.5. The summed E-state index contributed by atoms with van der Waals surface area (Å²) in [6.07, 6.45) is 1.87. The van der Waals surface area contributed by atoms with Crippen molar-refractivity contribution in [1.82, 2.24) is 4.90 Å². The fraction of sp³-hybridized carbons (Fsp3) is 0.429. The summed E-state index contributed by atoms with van der Waals surface area (Å²) in [4.78, 5) is 24.3. The van der Waals surface area contributed by atoms with Crippen molar-refractivity contribution in [2.45, 2.75) is 26.7 Å². The summed E-state index contributed by atoms with van der Waals surface area (Å²) in [6, 6.07) is 3.20. The lowest BCUT2D eigenvalue weighted by Gasteiger charge is -2.21. The molecule has 0 saturated heterocycles. The molecule has 0 aliphatic carbocycles. The second-order valence-corrected chi connectivity index (χ2v) is 4.36. The first-order valence-electron chi connectivity index (χ1n) is 6.58. The van der Waals surface area contributed by atoms with E-state index in [0.717, 1.165) is 25.0 Å². The molecule has 0 radical (unpaired) electrons. The molecule has 6 heteroatoms. The van der Waals surface area contributed by atoms with Crippen LogP contribution >= 0.6 is 0 Å². The standard InChI is InChI=1S/C14H19FN2O3/c1-3-5-8-17(4-2)14(20)16-10-6-7-11(13(18)19)12(15)9-10/h6-7,9H,3-5,8H2,1-2H3,(H,16,20)(H,18,19). The number of nitrogens with one attached hydrogen (secondary N) is 1. The van der Waals surface area contributed by atoms with Gasteiger partial charge in [-0.25, -0.2) is 14.0 Å². The monoisotopic (exact) mass is 282 g/mol. The van der Waals surface area contributed by atoms with Crippen molar-refractivity contribution in [2.24, 2.45) is 0 Å². The van der Waals surface area contributed by atoms with Crippen molar-refractivity contribution >= 4 is 17.7 Å². The predicted octanol–water partition coefficient (Wildman–Crippen LogP) is 3.18. The van der Waals surface area contributed by atoms with Crippen LogP contribution in [-0.2, 0) is 0 Å². The number of carbonyl (C=O) groups excluding carboxylic acids is 1. The van der Waals surface area contributed by atoms with E-state index in [2.05, 4.69) is 5.32 Å². The third kappa shape index (κ3) is 4.22. The Morgan fingerprint density at radius 2 is 2.05 bits per heavy atom. The molecule has 1 aromatic rings. The average molecular weight is 282 g/mol. The lowest BCUT2D eigenvalue weighted by molar-refractivity contribution is 0.0692. The van der Waals surface area contributed by atoms with Gasteiger partial charge in [-0.15, -0.1) is 0 Å². The highest BCUT2D eigenvalue weighted by atomic mass is 19.1. The van der Waals surface area contributed by atoms with Crippen LogP contribution in [0.15, 0.2) is 18.2 Å². The van der Waals surface area contributed by atoms with Crippen molar-refractivity contribution < 1.29 is 19.1 Å². The predicted molar refractivity (Wildman–Crippen MR) is 74.5 cm³/mol. The van der Waals surface area contributed by atoms with Gasteiger partial charge in [0.2, 0.25) is 0 Å². The topological polar surface area (TPSA) is 69.6 Å². The smallest absolute Gasteiger partial charge is 0.338 e. The molecule has 110 valence electrons. The van der Waals surface area contributed by atoms with Crippen LogP contribution in [0.4, 0.5) is 14.9 Å². The summed E-state index contributed by atoms with van der Waals surface area (Å²) in [6.45, 7) is 5.09. The number of amides is 2. The number of urea groups is 1. The lowest BCUT2D eigenvalue weighted by Crippen LogP contribution is -2.35. The van der Waals surface area contributed by atoms with Gasteiger partial charge in [-0.05, 0) is 31.5 Å². The van der Waals surface area contributed by atoms with Crippen molar-refractivity contribution in [3.05, 3.63) is 29.6 Å². The van der Waals surface area contributed by atoms with E-state index in [4.69, 9.17) is 5.11 Å². The van der Waals surface area contributed by atoms with Gasteiger partial charge < -0.3 is 15.3 Å². The fourth-order valence-corrected chi connectivity index (χ4v) is 1.72. The first kappa shape index (κ1) is 15.9. The molecule has 0 spiro atoms. The number of anilines is 1. The molecule has 0 atom stereocenters. The first-order chi connectivity index (χ1) is 9.49. The van der Waals surface area contributed by atoms with Crippen LogP contribution in [0.1, 0.15) is 37.0 Å². The van der Waals surface area contributed by atoms with E-state index >= 15 is 0 Å². The van der Waals surface area contributed by atoms with Gasteiger partial charge in [-0.3, -0.25) is 0 Å². The molecule has 0 fully saturated rings. The number of nitrogens with zero attached hydrogens (tertiary/aromatic N) is 1. The number of hydrogen-bond donors (Lipinski definition) is 2. The van der Waals surface area contributed by atoms with Gasteiger partial charge in [0.15, 0.2) is 0 Å². The summed E-state index contributed by atoms with van der Waals surface area (Å²) in [5.74, 6) is -2.20. The molecule has 0 saturated carbocycles. The van der Waals surface area contributed by atoms with Crippen LogP contribution in [0, 0.1) is 5.82 Å². The zero-order valence-corrected chi connectivity index (χ0v) is 11.6. The summed E-state index contributed by atoms with van der Waals surface area (Å²) in [5.41, 5.74) is -0.172. The van der Waals surface area contributed by atoms with E-state index in [0.29, 0.717) is 13.1 Å². The molecule has 0 bridgehead atoms. The van der Waals surface area contributed by atoms with Gasteiger partial charge in [-0.1, -0.05) is 13.3 Å². The van der Waals surface area contributed by atoms with Crippen LogP contribution < -0.4 is 5.32 Å². The fourth-order valence-electron chi connectivity index (χ4n) is 1.72. The number of hydrogen-bond acceptors (Lipinski definition) is 2. The maximum Gasteiger partial charge on any atom is 0.338 e. The van der Waals surface area contributed by atoms with Crippen molar-refractivity contribution in [1.29, 1.82) is 0 Å². The Kier molecular flexibility index (Phi) is 5.96. The summed E-state index contributed by atoms with van der Waals surface area (Å²) >= 11 is 0. The molecule has 0 aromatic heterocycles. The van der Waals surface area contributed by atoms with Gasteiger partial charge in [-0.2, -0.15) is 0 Å². The number of rotatable bonds is 6. The van der Waals surface area contributed by atoms with Crippen molar-refractivity contribution in [3.63, 3.8) is 0 Å². The third-order valence-electron chi connectivity index (χ3n) is 2.90. The molecule has 0 unspecified atom stereocenters. The Labute approximate surface area is 117 Å². The number of carbonyl (C=O) groups is 2. The Morgan fingerprint density at radius 3 is 2.55 bits per heavy atom. The van der Waals surface area contributed by atoms with E-state index in [-0.39, 0.29) is 11.7 Å². The zero-order chi connectivity index (χ0) is 15.1. The highest BCUT2D eigenvalue weighted by molar-refractivity contribution is 5.91. The first-order valence-corrected chi connectivity index (χ1v) is 6.58. The van der Waals surface area contributed by atoms with Crippen LogP contribution in [0.25, 0.3) is 0 Å². The van der Waals surface area contributed by atoms with Crippen LogP contribution in [0.3, 0.4) is 0 Å². The second kappa shape index (κ2) is 7.47. The second-order valence-electron chi connectivity index (χ2n) is 4.36. The number of benzene rings is 1. The van der Waals surface area contributed by atoms with E-state index in [1.165, 1.54) is 6.07 Å². The van der Waals surface area contributed by atoms with Crippen molar-refractivity contribution in [2.75, 3.05) is 18.4 Å². The van der Waals surface area contributed by atoms with Gasteiger partial charge in [0, 0.05) is 18.8 Å². The normalized spacial score (nSPS) is 10.2. The minimum absolute atomic E-state index is 0.243. The lowest BCUT2D eigenvalue weighted by atomic mass is 10.2. The van der Waals surface area contributed by atoms with Gasteiger partial charge in [0.05, 0.1) is 5.56 Å². The number of unbranched alkanes of at least 4 members (excludes halogenated alkanes) is 1. The molecule has 0 heterocycles. The molecule has 20 heavy (non-hydrogen) atoms. The highest BCUT2D eigenvalue weighted by Crippen LogP contribution is 2.15. The summed E-state index contributed by atoms with van der Waals surface area (Å²) in [5, 5.41) is 11.3. The Morgan fingerprint density at radius 1 is 1.35 bits per heavy atom. The molecule has 2 amide bonds. The van der Waals surface area contributed by atoms with Crippen LogP contribution in [0.2, 0.25) is 0 Å². The number of aromatic carboxylic acids is 1. The average Bonchev–Trinajstić information content (AvgIpc) is 2.39. The molecular formula is C14H19FN2O3. The van der Waals surface area contributed by atoms with Crippen LogP contribution in [-0.4, -0.2) is 35.1 Å². The number of halogens is 1. The molecule has 0 aliphatic heterocycles. The van der Waals surface area contributed by atoms with Crippen molar-refractivity contribution in [3.8, 4) is 0 Å². The maximum absolute atomic E-state index is 13.5. The molecule has 1 aromatic carbocycles. The summed E-state index contributed by atoms with van der Waals surface area (Å²) < 4.78 is 13.5. The van der Waals surface area contributed by atoms with Gasteiger partial charge in [0.1, 0.15) is 5.82 Å². The van der Waals surface area contributed by atoms with Gasteiger partial charge in [0.25, 0.3) is 0 Å². The molecule has 5 nitrogen and oxygen atoms in total. The Hall–Kier alpha value is -2.11. The Balaban J connectivity index is 2.74. The minimum Gasteiger partial charge on any atom is -0.478 e. The number of carboxylic acid groups (broad SMARTS) is 1. The third-order valence-corrected chi connectivity index (χ3v) is 2.90. The minimum atomic E-state index is -1.33. The molecule has 0 aliphatic rings. The van der Waals surface area contributed by atoms with E-state index < -0.39 is 17.3 Å². The summed E-state index contributed by atoms with van der Waals surface area (Å²) in [7, 11) is 0. The van der Waals surface area contributed by atoms with E-state index in [9.17, 15) is 14.0 Å². The Bertz CT molecular complexity index is 491. The molecule has 1 rings (SSSR count). The largest absolute Gasteiger partial charge is 0.478 e. The number of carboxylic acids is 1.